The van der Waals surface area contributed by atoms with E-state index in [1.54, 1.807) is 30.3 Å². The smallest absolute Gasteiger partial charge is 0.338 e. The third-order valence-electron chi connectivity index (χ3n) is 2.92. The summed E-state index contributed by atoms with van der Waals surface area (Å²) in [6.07, 6.45) is -4.32. The summed E-state index contributed by atoms with van der Waals surface area (Å²) in [5, 5.41) is 19.4. The highest BCUT2D eigenvalue weighted by Gasteiger charge is 2.41. The fourth-order valence-electron chi connectivity index (χ4n) is 1.86. The summed E-state index contributed by atoms with van der Waals surface area (Å²) in [4.78, 5) is 11.9. The van der Waals surface area contributed by atoms with Crippen LogP contribution in [0.1, 0.15) is 10.4 Å². The van der Waals surface area contributed by atoms with Crippen LogP contribution < -0.4 is 0 Å². The van der Waals surface area contributed by atoms with E-state index in [9.17, 15) is 15.0 Å². The lowest BCUT2D eigenvalue weighted by Gasteiger charge is -2.36. The second-order valence-electron chi connectivity index (χ2n) is 4.23. The second-order valence-corrected chi connectivity index (χ2v) is 4.23. The van der Waals surface area contributed by atoms with Gasteiger partial charge in [0.1, 0.15) is 12.2 Å². The fourth-order valence-corrected chi connectivity index (χ4v) is 1.86. The van der Waals surface area contributed by atoms with Gasteiger partial charge in [-0.05, 0) is 12.1 Å². The van der Waals surface area contributed by atoms with Crippen molar-refractivity contribution in [3.05, 3.63) is 35.9 Å². The van der Waals surface area contributed by atoms with Crippen LogP contribution in [0.25, 0.3) is 0 Å². The van der Waals surface area contributed by atoms with E-state index in [0.29, 0.717) is 5.56 Å². The van der Waals surface area contributed by atoms with Gasteiger partial charge in [-0.15, -0.1) is 0 Å². The lowest BCUT2D eigenvalue weighted by molar-refractivity contribution is -0.261. The Bertz CT molecular complexity index is 418. The molecule has 1 aromatic rings. The molecule has 0 saturated carbocycles. The Hall–Kier alpha value is -1.47. The van der Waals surface area contributed by atoms with Gasteiger partial charge in [-0.1, -0.05) is 18.2 Å². The van der Waals surface area contributed by atoms with E-state index in [1.807, 2.05) is 0 Å². The highest BCUT2D eigenvalue weighted by molar-refractivity contribution is 5.89. The van der Waals surface area contributed by atoms with Gasteiger partial charge in [0.15, 0.2) is 12.4 Å². The van der Waals surface area contributed by atoms with Crippen LogP contribution in [0.4, 0.5) is 0 Å². The number of ether oxygens (including phenoxy) is 3. The van der Waals surface area contributed by atoms with Crippen LogP contribution >= 0.6 is 0 Å². The van der Waals surface area contributed by atoms with Gasteiger partial charge in [0, 0.05) is 7.11 Å². The second kappa shape index (κ2) is 6.12. The Morgan fingerprint density at radius 2 is 2.00 bits per heavy atom. The first-order chi connectivity index (χ1) is 9.13. The van der Waals surface area contributed by atoms with Crippen LogP contribution in [0.3, 0.4) is 0 Å². The van der Waals surface area contributed by atoms with Crippen molar-refractivity contribution in [3.63, 3.8) is 0 Å². The molecular weight excluding hydrogens is 252 g/mol. The van der Waals surface area contributed by atoms with E-state index in [0.717, 1.165) is 0 Å². The number of aliphatic hydroxyl groups is 2. The summed E-state index contributed by atoms with van der Waals surface area (Å²) in [5.41, 5.74) is 0.351. The molecule has 4 atom stereocenters. The average molecular weight is 268 g/mol. The predicted molar refractivity (Wildman–Crippen MR) is 64.4 cm³/mol. The average Bonchev–Trinajstić information content (AvgIpc) is 2.45. The van der Waals surface area contributed by atoms with E-state index >= 15 is 0 Å². The lowest BCUT2D eigenvalue weighted by Crippen LogP contribution is -2.55. The first kappa shape index (κ1) is 14.0. The first-order valence-corrected chi connectivity index (χ1v) is 5.90. The Balaban J connectivity index is 2.08. The molecule has 0 aliphatic carbocycles. The van der Waals surface area contributed by atoms with Crippen LogP contribution in [-0.2, 0) is 14.2 Å². The molecule has 1 heterocycles. The topological polar surface area (TPSA) is 85.2 Å². The van der Waals surface area contributed by atoms with Crippen molar-refractivity contribution < 1.29 is 29.2 Å². The van der Waals surface area contributed by atoms with Gasteiger partial charge in [-0.25, -0.2) is 4.79 Å². The molecule has 104 valence electrons. The minimum atomic E-state index is -1.24. The molecule has 4 unspecified atom stereocenters. The number of rotatable bonds is 3. The normalized spacial score (nSPS) is 30.9. The van der Waals surface area contributed by atoms with Crippen molar-refractivity contribution in [1.29, 1.82) is 0 Å². The Morgan fingerprint density at radius 1 is 1.32 bits per heavy atom. The number of hydrogen-bond donors (Lipinski definition) is 2. The zero-order chi connectivity index (χ0) is 13.8. The maximum atomic E-state index is 11.9. The Labute approximate surface area is 110 Å². The maximum absolute atomic E-state index is 11.9. The van der Waals surface area contributed by atoms with Gasteiger partial charge in [0.2, 0.25) is 0 Å². The predicted octanol–water partition coefficient (Wildman–Crippen LogP) is -0.0635. The van der Waals surface area contributed by atoms with Crippen LogP contribution in [0, 0.1) is 0 Å². The molecule has 2 rings (SSSR count). The van der Waals surface area contributed by atoms with E-state index < -0.39 is 30.6 Å². The molecule has 0 radical (unpaired) electrons. The highest BCUT2D eigenvalue weighted by atomic mass is 16.7. The van der Waals surface area contributed by atoms with Crippen LogP contribution in [0.15, 0.2) is 30.3 Å². The van der Waals surface area contributed by atoms with Crippen molar-refractivity contribution in [2.75, 3.05) is 13.7 Å². The Kier molecular flexibility index (Phi) is 4.49. The van der Waals surface area contributed by atoms with E-state index in [-0.39, 0.29) is 6.61 Å². The number of methoxy groups -OCH3 is 1. The molecule has 6 nitrogen and oxygen atoms in total. The van der Waals surface area contributed by atoms with E-state index in [4.69, 9.17) is 14.2 Å². The SMILES string of the molecule is COC1OCC(O)C(O)C1OC(=O)c1ccccc1. The molecule has 2 N–H and O–H groups in total. The summed E-state index contributed by atoms with van der Waals surface area (Å²) in [6.45, 7) is -0.0704. The third kappa shape index (κ3) is 3.10. The summed E-state index contributed by atoms with van der Waals surface area (Å²) >= 11 is 0. The molecular formula is C13H16O6. The molecule has 0 amide bonds. The summed E-state index contributed by atoms with van der Waals surface area (Å²) in [6, 6.07) is 8.37. The van der Waals surface area contributed by atoms with Crippen LogP contribution in [-0.4, -0.2) is 54.5 Å². The minimum absolute atomic E-state index is 0.0704. The minimum Gasteiger partial charge on any atom is -0.450 e. The van der Waals surface area contributed by atoms with Gasteiger partial charge in [0.05, 0.1) is 12.2 Å². The molecule has 19 heavy (non-hydrogen) atoms. The van der Waals surface area contributed by atoms with Gasteiger partial charge in [0.25, 0.3) is 0 Å². The molecule has 1 aromatic carbocycles. The zero-order valence-corrected chi connectivity index (χ0v) is 10.4. The Morgan fingerprint density at radius 3 is 2.63 bits per heavy atom. The molecule has 6 heteroatoms. The van der Waals surface area contributed by atoms with Gasteiger partial charge in [-0.2, -0.15) is 0 Å². The van der Waals surface area contributed by atoms with Crippen molar-refractivity contribution in [3.8, 4) is 0 Å². The summed E-state index contributed by atoms with van der Waals surface area (Å²) in [5.74, 6) is -0.607. The van der Waals surface area contributed by atoms with Crippen molar-refractivity contribution in [1.82, 2.24) is 0 Å². The number of benzene rings is 1. The van der Waals surface area contributed by atoms with E-state index in [2.05, 4.69) is 0 Å². The standard InChI is InChI=1S/C13H16O6/c1-17-13-11(10(15)9(14)7-18-13)19-12(16)8-5-3-2-4-6-8/h2-6,9-11,13-15H,7H2,1H3. The zero-order valence-electron chi connectivity index (χ0n) is 10.4. The quantitative estimate of drug-likeness (QED) is 0.747. The number of carbonyl (C=O) groups is 1. The van der Waals surface area contributed by atoms with Crippen molar-refractivity contribution >= 4 is 5.97 Å². The molecule has 1 aliphatic rings. The van der Waals surface area contributed by atoms with Crippen molar-refractivity contribution in [2.45, 2.75) is 24.6 Å². The number of aliphatic hydroxyl groups excluding tert-OH is 2. The van der Waals surface area contributed by atoms with Gasteiger partial charge in [-0.3, -0.25) is 0 Å². The fraction of sp³-hybridized carbons (Fsp3) is 0.462. The molecule has 1 aliphatic heterocycles. The third-order valence-corrected chi connectivity index (χ3v) is 2.92. The monoisotopic (exact) mass is 268 g/mol. The number of esters is 1. The van der Waals surface area contributed by atoms with Crippen LogP contribution in [0.5, 0.6) is 0 Å². The molecule has 1 saturated heterocycles. The highest BCUT2D eigenvalue weighted by Crippen LogP contribution is 2.20. The van der Waals surface area contributed by atoms with E-state index in [1.165, 1.54) is 7.11 Å². The molecule has 1 fully saturated rings. The largest absolute Gasteiger partial charge is 0.450 e. The van der Waals surface area contributed by atoms with Crippen molar-refractivity contribution in [2.24, 2.45) is 0 Å². The van der Waals surface area contributed by atoms with Gasteiger partial charge >= 0.3 is 5.97 Å². The lowest BCUT2D eigenvalue weighted by atomic mass is 10.1. The molecule has 0 bridgehead atoms. The maximum Gasteiger partial charge on any atom is 0.338 e. The molecule has 0 spiro atoms. The first-order valence-electron chi connectivity index (χ1n) is 5.90. The summed E-state index contributed by atoms with van der Waals surface area (Å²) < 4.78 is 15.3. The summed E-state index contributed by atoms with van der Waals surface area (Å²) in [7, 11) is 1.37. The number of carbonyl (C=O) groups excluding carboxylic acids is 1. The molecule has 0 aromatic heterocycles. The van der Waals surface area contributed by atoms with Gasteiger partial charge < -0.3 is 24.4 Å². The van der Waals surface area contributed by atoms with Crippen LogP contribution in [0.2, 0.25) is 0 Å². The number of hydrogen-bond acceptors (Lipinski definition) is 6.